The fourth-order valence-corrected chi connectivity index (χ4v) is 1.33. The van der Waals surface area contributed by atoms with Crippen LogP contribution >= 0.6 is 15.9 Å². The zero-order valence-electron chi connectivity index (χ0n) is 6.70. The van der Waals surface area contributed by atoms with Crippen LogP contribution in [0.1, 0.15) is 11.1 Å². The smallest absolute Gasteiger partial charge is 0.392 e. The molecule has 0 bridgehead atoms. The molecule has 1 nitrogen and oxygen atoms in total. The van der Waals surface area contributed by atoms with Gasteiger partial charge in [-0.15, -0.1) is 0 Å². The maximum Gasteiger partial charge on any atom is 0.416 e. The van der Waals surface area contributed by atoms with E-state index in [2.05, 4.69) is 15.9 Å². The predicted molar refractivity (Wildman–Crippen MR) is 45.0 cm³/mol. The average molecular weight is 273 g/mol. The molecule has 0 aliphatic carbocycles. The summed E-state index contributed by atoms with van der Waals surface area (Å²) in [5, 5.41) is 8.62. The molecular weight excluding hydrogens is 268 g/mol. The predicted octanol–water partition coefficient (Wildman–Crippen LogP) is 3.10. The highest BCUT2D eigenvalue weighted by Gasteiger charge is 2.33. The number of benzene rings is 1. The summed E-state index contributed by atoms with van der Waals surface area (Å²) in [5.41, 5.74) is -1.51. The number of halogens is 5. The molecule has 1 N–H and O–H groups in total. The highest BCUT2D eigenvalue weighted by molar-refractivity contribution is 9.10. The first-order valence-electron chi connectivity index (χ1n) is 3.52. The van der Waals surface area contributed by atoms with Gasteiger partial charge in [0, 0.05) is 0 Å². The third kappa shape index (κ3) is 2.24. The van der Waals surface area contributed by atoms with Crippen LogP contribution in [-0.4, -0.2) is 5.11 Å². The second-order valence-electron chi connectivity index (χ2n) is 2.58. The molecule has 0 spiro atoms. The molecule has 1 aromatic rings. The summed E-state index contributed by atoms with van der Waals surface area (Å²) in [6.07, 6.45) is -4.59. The number of hydrogen-bond acceptors (Lipinski definition) is 1. The van der Waals surface area contributed by atoms with Gasteiger partial charge in [0.15, 0.2) is 0 Å². The number of alkyl halides is 3. The van der Waals surface area contributed by atoms with Gasteiger partial charge in [-0.05, 0) is 33.6 Å². The third-order valence-electron chi connectivity index (χ3n) is 1.62. The Morgan fingerprint density at radius 1 is 1.29 bits per heavy atom. The highest BCUT2D eigenvalue weighted by atomic mass is 79.9. The van der Waals surface area contributed by atoms with E-state index >= 15 is 0 Å². The molecule has 14 heavy (non-hydrogen) atoms. The molecule has 0 atom stereocenters. The zero-order valence-corrected chi connectivity index (χ0v) is 8.28. The molecule has 0 amide bonds. The molecule has 0 fully saturated rings. The average Bonchev–Trinajstić information content (AvgIpc) is 2.07. The molecular formula is C8H5BrF4O. The molecule has 1 aromatic carbocycles. The van der Waals surface area contributed by atoms with E-state index in [1.54, 1.807) is 0 Å². The summed E-state index contributed by atoms with van der Waals surface area (Å²) in [7, 11) is 0. The Morgan fingerprint density at radius 2 is 1.86 bits per heavy atom. The number of aliphatic hydroxyl groups is 1. The van der Waals surface area contributed by atoms with Crippen LogP contribution in [0.25, 0.3) is 0 Å². The monoisotopic (exact) mass is 272 g/mol. The highest BCUT2D eigenvalue weighted by Crippen LogP contribution is 2.34. The quantitative estimate of drug-likeness (QED) is 0.779. The largest absolute Gasteiger partial charge is 0.416 e. The SMILES string of the molecule is OCc1cc(F)c(Br)cc1C(F)(F)F. The fraction of sp³-hybridized carbons (Fsp3) is 0.250. The van der Waals surface area contributed by atoms with Crippen molar-refractivity contribution in [2.24, 2.45) is 0 Å². The van der Waals surface area contributed by atoms with Crippen molar-refractivity contribution in [3.8, 4) is 0 Å². The van der Waals surface area contributed by atoms with Crippen molar-refractivity contribution in [1.29, 1.82) is 0 Å². The van der Waals surface area contributed by atoms with E-state index in [0.717, 1.165) is 0 Å². The Balaban J connectivity index is 3.35. The van der Waals surface area contributed by atoms with E-state index in [1.165, 1.54) is 0 Å². The number of rotatable bonds is 1. The van der Waals surface area contributed by atoms with Gasteiger partial charge in [0.1, 0.15) is 5.82 Å². The van der Waals surface area contributed by atoms with Crippen molar-refractivity contribution in [2.75, 3.05) is 0 Å². The molecule has 0 aliphatic heterocycles. The Bertz CT molecular complexity index is 348. The lowest BCUT2D eigenvalue weighted by Gasteiger charge is -2.11. The minimum Gasteiger partial charge on any atom is -0.392 e. The van der Waals surface area contributed by atoms with Gasteiger partial charge in [-0.2, -0.15) is 13.2 Å². The van der Waals surface area contributed by atoms with Crippen LogP contribution in [0.4, 0.5) is 17.6 Å². The van der Waals surface area contributed by atoms with E-state index in [4.69, 9.17) is 5.11 Å². The zero-order chi connectivity index (χ0) is 10.9. The van der Waals surface area contributed by atoms with E-state index in [9.17, 15) is 17.6 Å². The summed E-state index contributed by atoms with van der Waals surface area (Å²) < 4.78 is 49.4. The number of aliphatic hydroxyl groups excluding tert-OH is 1. The molecule has 0 heterocycles. The van der Waals surface area contributed by atoms with Gasteiger partial charge >= 0.3 is 6.18 Å². The molecule has 0 aliphatic rings. The van der Waals surface area contributed by atoms with Gasteiger partial charge < -0.3 is 5.11 Å². The number of hydrogen-bond donors (Lipinski definition) is 1. The normalized spacial score (nSPS) is 11.9. The molecule has 0 radical (unpaired) electrons. The Kier molecular flexibility index (Phi) is 3.16. The molecule has 0 unspecified atom stereocenters. The van der Waals surface area contributed by atoms with Crippen molar-refractivity contribution in [3.05, 3.63) is 33.5 Å². The van der Waals surface area contributed by atoms with Gasteiger partial charge in [-0.3, -0.25) is 0 Å². The van der Waals surface area contributed by atoms with Gasteiger partial charge in [0.2, 0.25) is 0 Å². The van der Waals surface area contributed by atoms with E-state index in [1.807, 2.05) is 0 Å². The van der Waals surface area contributed by atoms with Gasteiger partial charge in [0.05, 0.1) is 16.6 Å². The minimum atomic E-state index is -4.59. The molecule has 1 rings (SSSR count). The minimum absolute atomic E-state index is 0.276. The molecule has 6 heteroatoms. The van der Waals surface area contributed by atoms with Gasteiger partial charge in [-0.25, -0.2) is 4.39 Å². The van der Waals surface area contributed by atoms with Crippen LogP contribution < -0.4 is 0 Å². The summed E-state index contributed by atoms with van der Waals surface area (Å²) in [6, 6.07) is 1.27. The molecule has 0 saturated carbocycles. The van der Waals surface area contributed by atoms with Crippen molar-refractivity contribution in [2.45, 2.75) is 12.8 Å². The topological polar surface area (TPSA) is 20.2 Å². The van der Waals surface area contributed by atoms with Crippen LogP contribution in [0.3, 0.4) is 0 Å². The van der Waals surface area contributed by atoms with E-state index in [0.29, 0.717) is 12.1 Å². The lowest BCUT2D eigenvalue weighted by Crippen LogP contribution is -2.10. The van der Waals surface area contributed by atoms with Gasteiger partial charge in [0.25, 0.3) is 0 Å². The summed E-state index contributed by atoms with van der Waals surface area (Å²) in [6.45, 7) is -0.848. The maximum atomic E-state index is 12.8. The lowest BCUT2D eigenvalue weighted by molar-refractivity contribution is -0.138. The second kappa shape index (κ2) is 3.86. The van der Waals surface area contributed by atoms with Crippen LogP contribution in [0.5, 0.6) is 0 Å². The van der Waals surface area contributed by atoms with Crippen molar-refractivity contribution in [1.82, 2.24) is 0 Å². The van der Waals surface area contributed by atoms with Crippen LogP contribution in [0.2, 0.25) is 0 Å². The standard InChI is InChI=1S/C8H5BrF4O/c9-6-2-5(8(11,12)13)4(3-14)1-7(6)10/h1-2,14H,3H2. The van der Waals surface area contributed by atoms with Crippen molar-refractivity contribution < 1.29 is 22.7 Å². The third-order valence-corrected chi connectivity index (χ3v) is 2.23. The summed E-state index contributed by atoms with van der Waals surface area (Å²) >= 11 is 2.65. The van der Waals surface area contributed by atoms with Crippen molar-refractivity contribution in [3.63, 3.8) is 0 Å². The van der Waals surface area contributed by atoms with Crippen LogP contribution in [0, 0.1) is 5.82 Å². The van der Waals surface area contributed by atoms with Gasteiger partial charge in [-0.1, -0.05) is 0 Å². The first-order chi connectivity index (χ1) is 6.36. The van der Waals surface area contributed by atoms with E-state index in [-0.39, 0.29) is 4.47 Å². The lowest BCUT2D eigenvalue weighted by atomic mass is 10.1. The first kappa shape index (κ1) is 11.5. The van der Waals surface area contributed by atoms with Crippen molar-refractivity contribution >= 4 is 15.9 Å². The summed E-state index contributed by atoms with van der Waals surface area (Å²) in [4.78, 5) is 0. The molecule has 0 saturated heterocycles. The summed E-state index contributed by atoms with van der Waals surface area (Å²) in [5.74, 6) is -0.831. The van der Waals surface area contributed by atoms with Crippen LogP contribution in [-0.2, 0) is 12.8 Å². The Morgan fingerprint density at radius 3 is 2.29 bits per heavy atom. The Hall–Kier alpha value is -0.620. The Labute approximate surface area is 85.5 Å². The molecule has 78 valence electrons. The first-order valence-corrected chi connectivity index (χ1v) is 4.31. The van der Waals surface area contributed by atoms with E-state index < -0.39 is 29.7 Å². The maximum absolute atomic E-state index is 12.8. The second-order valence-corrected chi connectivity index (χ2v) is 3.43. The van der Waals surface area contributed by atoms with Crippen LogP contribution in [0.15, 0.2) is 16.6 Å². The molecule has 0 aromatic heterocycles. The fourth-order valence-electron chi connectivity index (χ4n) is 0.983.